The molecule has 0 saturated carbocycles. The first-order chi connectivity index (χ1) is 10.4. The maximum Gasteiger partial charge on any atom is 0.0289 e. The van der Waals surface area contributed by atoms with E-state index in [2.05, 4.69) is 101 Å². The highest BCUT2D eigenvalue weighted by atomic mass is 79.9. The maximum absolute atomic E-state index is 3.63. The molecule has 3 rings (SSSR count). The van der Waals surface area contributed by atoms with Crippen LogP contribution in [0.3, 0.4) is 0 Å². The van der Waals surface area contributed by atoms with Crippen LogP contribution < -0.4 is 15.9 Å². The minimum Gasteiger partial charge on any atom is -0.0876 e. The molecule has 0 radical (unpaired) electrons. The Morgan fingerprint density at radius 1 is 0.619 bits per heavy atom. The fraction of sp³-hybridized carbons (Fsp3) is 0.0526. The van der Waals surface area contributed by atoms with Gasteiger partial charge in [-0.3, -0.25) is 0 Å². The van der Waals surface area contributed by atoms with Gasteiger partial charge in [0.05, 0.1) is 0 Å². The summed E-state index contributed by atoms with van der Waals surface area (Å²) in [4.78, 5) is 0. The van der Waals surface area contributed by atoms with E-state index in [0.717, 1.165) is 5.33 Å². The van der Waals surface area contributed by atoms with E-state index in [1.165, 1.54) is 21.5 Å². The Morgan fingerprint density at radius 3 is 1.62 bits per heavy atom. The number of hydrogen-bond acceptors (Lipinski definition) is 0. The molecule has 2 heteroatoms. The van der Waals surface area contributed by atoms with Crippen molar-refractivity contribution in [2.24, 2.45) is 0 Å². The van der Waals surface area contributed by atoms with Gasteiger partial charge >= 0.3 is 0 Å². The molecule has 0 aliphatic carbocycles. The fourth-order valence-electron chi connectivity index (χ4n) is 2.42. The first-order valence-electron chi connectivity index (χ1n) is 6.94. The number of rotatable bonds is 4. The van der Waals surface area contributed by atoms with Crippen LogP contribution in [0.5, 0.6) is 0 Å². The Balaban J connectivity index is 2.17. The molecule has 3 aromatic rings. The van der Waals surface area contributed by atoms with Gasteiger partial charge in [-0.2, -0.15) is 0 Å². The Bertz CT molecular complexity index is 656. The van der Waals surface area contributed by atoms with Crippen LogP contribution in [0, 0.1) is 0 Å². The first-order valence-corrected chi connectivity index (χ1v) is 9.40. The predicted octanol–water partition coefficient (Wildman–Crippen LogP) is 4.34. The molecule has 3 aromatic carbocycles. The maximum atomic E-state index is 3.63. The minimum atomic E-state index is -0.503. The molecular weight excluding hydrogens is 339 g/mol. The molecule has 0 amide bonds. The van der Waals surface area contributed by atoms with Crippen LogP contribution in [0.1, 0.15) is 5.56 Å². The van der Waals surface area contributed by atoms with E-state index in [-0.39, 0.29) is 0 Å². The highest BCUT2D eigenvalue weighted by molar-refractivity contribution is 9.08. The number of alkyl halides is 1. The van der Waals surface area contributed by atoms with E-state index in [9.17, 15) is 0 Å². The highest BCUT2D eigenvalue weighted by Crippen LogP contribution is 2.34. The Labute approximate surface area is 135 Å². The Kier molecular flexibility index (Phi) is 4.85. The zero-order valence-corrected chi connectivity index (χ0v) is 14.1. The molecule has 0 spiro atoms. The van der Waals surface area contributed by atoms with Gasteiger partial charge in [0.25, 0.3) is 0 Å². The third kappa shape index (κ3) is 3.26. The Morgan fingerprint density at radius 2 is 1.10 bits per heavy atom. The lowest BCUT2D eigenvalue weighted by Crippen LogP contribution is -2.22. The van der Waals surface area contributed by atoms with Gasteiger partial charge in [0.1, 0.15) is 0 Å². The molecule has 0 nitrogen and oxygen atoms in total. The summed E-state index contributed by atoms with van der Waals surface area (Å²) in [7, 11) is -0.503. The smallest absolute Gasteiger partial charge is 0.0289 e. The second-order valence-electron chi connectivity index (χ2n) is 4.77. The van der Waals surface area contributed by atoms with Crippen LogP contribution in [-0.4, -0.2) is 0 Å². The molecule has 0 heterocycles. The summed E-state index contributed by atoms with van der Waals surface area (Å²) in [6.45, 7) is 0. The molecule has 0 aromatic heterocycles. The molecule has 0 unspecified atom stereocenters. The van der Waals surface area contributed by atoms with Crippen molar-refractivity contribution in [1.82, 2.24) is 0 Å². The van der Waals surface area contributed by atoms with Crippen LogP contribution in [-0.2, 0) is 5.33 Å². The Hall–Kier alpha value is -1.43. The lowest BCUT2D eigenvalue weighted by molar-refractivity contribution is 1.48. The topological polar surface area (TPSA) is 0 Å². The molecule has 0 fully saturated rings. The summed E-state index contributed by atoms with van der Waals surface area (Å²) < 4.78 is 0. The van der Waals surface area contributed by atoms with Crippen LogP contribution >= 0.6 is 23.9 Å². The van der Waals surface area contributed by atoms with Gasteiger partial charge in [-0.1, -0.05) is 101 Å². The molecule has 0 bridgehead atoms. The van der Waals surface area contributed by atoms with E-state index in [0.29, 0.717) is 0 Å². The summed E-state index contributed by atoms with van der Waals surface area (Å²) in [5.41, 5.74) is 1.37. The zero-order valence-electron chi connectivity index (χ0n) is 11.6. The molecule has 0 atom stereocenters. The van der Waals surface area contributed by atoms with Crippen molar-refractivity contribution in [2.75, 3.05) is 0 Å². The quantitative estimate of drug-likeness (QED) is 0.483. The van der Waals surface area contributed by atoms with Crippen LogP contribution in [0.2, 0.25) is 0 Å². The SMILES string of the molecule is BrCc1ccccc1P(c1ccccc1)c1ccccc1. The van der Waals surface area contributed by atoms with Crippen molar-refractivity contribution in [3.8, 4) is 0 Å². The number of halogens is 1. The lowest BCUT2D eigenvalue weighted by Gasteiger charge is -2.21. The van der Waals surface area contributed by atoms with Crippen LogP contribution in [0.25, 0.3) is 0 Å². The van der Waals surface area contributed by atoms with Crippen molar-refractivity contribution in [2.45, 2.75) is 5.33 Å². The standard InChI is InChI=1S/C19H16BrP/c20-15-16-9-7-8-14-19(16)21(17-10-3-1-4-11-17)18-12-5-2-6-13-18/h1-14H,15H2. The van der Waals surface area contributed by atoms with Gasteiger partial charge in [-0.05, 0) is 29.4 Å². The normalized spacial score (nSPS) is 10.8. The summed E-state index contributed by atoms with van der Waals surface area (Å²) in [5, 5.41) is 5.11. The van der Waals surface area contributed by atoms with Crippen molar-refractivity contribution in [1.29, 1.82) is 0 Å². The molecule has 0 aliphatic heterocycles. The molecule has 0 saturated heterocycles. The zero-order chi connectivity index (χ0) is 14.5. The average molecular weight is 355 g/mol. The van der Waals surface area contributed by atoms with E-state index in [1.54, 1.807) is 0 Å². The van der Waals surface area contributed by atoms with Gasteiger partial charge in [0, 0.05) is 5.33 Å². The molecular formula is C19H16BrP. The first kappa shape index (κ1) is 14.5. The van der Waals surface area contributed by atoms with Crippen molar-refractivity contribution in [3.05, 3.63) is 90.5 Å². The van der Waals surface area contributed by atoms with Crippen molar-refractivity contribution in [3.63, 3.8) is 0 Å². The second-order valence-corrected chi connectivity index (χ2v) is 7.52. The van der Waals surface area contributed by atoms with Gasteiger partial charge in [0.2, 0.25) is 0 Å². The largest absolute Gasteiger partial charge is 0.0876 e. The van der Waals surface area contributed by atoms with Crippen molar-refractivity contribution >= 4 is 39.8 Å². The summed E-state index contributed by atoms with van der Waals surface area (Å²) in [6, 6.07) is 30.4. The van der Waals surface area contributed by atoms with E-state index in [4.69, 9.17) is 0 Å². The monoisotopic (exact) mass is 354 g/mol. The van der Waals surface area contributed by atoms with E-state index >= 15 is 0 Å². The van der Waals surface area contributed by atoms with Crippen molar-refractivity contribution < 1.29 is 0 Å². The van der Waals surface area contributed by atoms with Gasteiger partial charge < -0.3 is 0 Å². The summed E-state index contributed by atoms with van der Waals surface area (Å²) in [6.07, 6.45) is 0. The van der Waals surface area contributed by atoms with E-state index in [1.807, 2.05) is 0 Å². The number of benzene rings is 3. The minimum absolute atomic E-state index is 0.503. The molecule has 0 aliphatic rings. The van der Waals surface area contributed by atoms with Gasteiger partial charge in [0.15, 0.2) is 0 Å². The second kappa shape index (κ2) is 7.02. The molecule has 0 N–H and O–H groups in total. The average Bonchev–Trinajstić information content (AvgIpc) is 2.58. The summed E-state index contributed by atoms with van der Waals surface area (Å²) >= 11 is 3.63. The third-order valence-electron chi connectivity index (χ3n) is 3.41. The van der Waals surface area contributed by atoms with Gasteiger partial charge in [-0.25, -0.2) is 0 Å². The number of hydrogen-bond donors (Lipinski definition) is 0. The summed E-state index contributed by atoms with van der Waals surface area (Å²) in [5.74, 6) is 0. The van der Waals surface area contributed by atoms with Gasteiger partial charge in [-0.15, -0.1) is 0 Å². The fourth-order valence-corrected chi connectivity index (χ4v) is 5.60. The van der Waals surface area contributed by atoms with Crippen LogP contribution in [0.15, 0.2) is 84.9 Å². The lowest BCUT2D eigenvalue weighted by atomic mass is 10.2. The molecule has 104 valence electrons. The third-order valence-corrected chi connectivity index (χ3v) is 6.56. The highest BCUT2D eigenvalue weighted by Gasteiger charge is 2.18. The molecule has 21 heavy (non-hydrogen) atoms. The predicted molar refractivity (Wildman–Crippen MR) is 97.8 cm³/mol. The van der Waals surface area contributed by atoms with E-state index < -0.39 is 7.92 Å². The van der Waals surface area contributed by atoms with Crippen LogP contribution in [0.4, 0.5) is 0 Å².